The van der Waals surface area contributed by atoms with Crippen molar-refractivity contribution in [1.29, 1.82) is 0 Å². The minimum absolute atomic E-state index is 0.128. The highest BCUT2D eigenvalue weighted by Gasteiger charge is 2.26. The van der Waals surface area contributed by atoms with Gasteiger partial charge in [0.25, 0.3) is 0 Å². The van der Waals surface area contributed by atoms with Gasteiger partial charge in [-0.15, -0.1) is 0 Å². The van der Waals surface area contributed by atoms with Crippen LogP contribution in [0.5, 0.6) is 0 Å². The Kier molecular flexibility index (Phi) is 8.26. The van der Waals surface area contributed by atoms with Gasteiger partial charge in [-0.1, -0.05) is 55.8 Å². The number of rotatable bonds is 10. The van der Waals surface area contributed by atoms with Crippen LogP contribution in [-0.4, -0.2) is 37.7 Å². The van der Waals surface area contributed by atoms with E-state index in [0.29, 0.717) is 19.4 Å². The molecule has 0 bridgehead atoms. The van der Waals surface area contributed by atoms with Crippen molar-refractivity contribution in [1.82, 2.24) is 14.9 Å². The van der Waals surface area contributed by atoms with Crippen molar-refractivity contribution in [3.8, 4) is 0 Å². The first-order chi connectivity index (χ1) is 15.6. The fraction of sp³-hybridized carbons (Fsp3) is 0.440. The summed E-state index contributed by atoms with van der Waals surface area (Å²) in [7, 11) is -3.82. The van der Waals surface area contributed by atoms with Crippen molar-refractivity contribution >= 4 is 21.8 Å². The first-order valence-electron chi connectivity index (χ1n) is 11.4. The summed E-state index contributed by atoms with van der Waals surface area (Å²) < 4.78 is 28.2. The highest BCUT2D eigenvalue weighted by molar-refractivity contribution is 7.89. The van der Waals surface area contributed by atoms with Gasteiger partial charge >= 0.3 is 0 Å². The lowest BCUT2D eigenvalue weighted by Crippen LogP contribution is -2.47. The molecule has 8 heteroatoms. The number of nitrogens with one attached hydrogen (secondary N) is 2. The standard InChI is InChI=1S/C25H33N3O4S/c1-18(2)14-23(27-33(31,32)22-11-9-19(3)10-12-22)25(30)26-16-20-6-4-7-21(15-20)17-28-13-5-8-24(28)29/h4,6-7,9-12,15,18,23,27H,5,8,13-14,16-17H2,1-3H3,(H,26,30)/t23-/m1/s1. The van der Waals surface area contributed by atoms with E-state index in [-0.39, 0.29) is 29.2 Å². The third-order valence-corrected chi connectivity index (χ3v) is 7.14. The molecule has 0 aromatic heterocycles. The third-order valence-electron chi connectivity index (χ3n) is 5.66. The molecular formula is C25H33N3O4S. The number of nitrogens with zero attached hydrogens (tertiary/aromatic N) is 1. The third kappa shape index (κ3) is 7.14. The normalized spacial score (nSPS) is 15.2. The minimum Gasteiger partial charge on any atom is -0.351 e. The number of hydrogen-bond acceptors (Lipinski definition) is 4. The van der Waals surface area contributed by atoms with Gasteiger partial charge in [0.05, 0.1) is 4.90 Å². The van der Waals surface area contributed by atoms with Crippen molar-refractivity contribution in [2.45, 2.75) is 64.1 Å². The van der Waals surface area contributed by atoms with E-state index in [4.69, 9.17) is 0 Å². The summed E-state index contributed by atoms with van der Waals surface area (Å²) >= 11 is 0. The molecular weight excluding hydrogens is 438 g/mol. The topological polar surface area (TPSA) is 95.6 Å². The Morgan fingerprint density at radius 2 is 1.79 bits per heavy atom. The van der Waals surface area contributed by atoms with E-state index in [0.717, 1.165) is 29.7 Å². The second-order valence-electron chi connectivity index (χ2n) is 9.07. The molecule has 1 saturated heterocycles. The van der Waals surface area contributed by atoms with Gasteiger partial charge in [-0.25, -0.2) is 8.42 Å². The van der Waals surface area contributed by atoms with Gasteiger partial charge < -0.3 is 10.2 Å². The van der Waals surface area contributed by atoms with Gasteiger partial charge in [0.15, 0.2) is 0 Å². The zero-order valence-electron chi connectivity index (χ0n) is 19.5. The summed E-state index contributed by atoms with van der Waals surface area (Å²) in [6, 6.07) is 13.4. The molecule has 1 heterocycles. The first kappa shape index (κ1) is 24.9. The summed E-state index contributed by atoms with van der Waals surface area (Å²) in [5.74, 6) is -0.0617. The summed E-state index contributed by atoms with van der Waals surface area (Å²) in [5, 5.41) is 2.87. The van der Waals surface area contributed by atoms with Crippen molar-refractivity contribution in [3.63, 3.8) is 0 Å². The van der Waals surface area contributed by atoms with Crippen LogP contribution in [0.2, 0.25) is 0 Å². The van der Waals surface area contributed by atoms with E-state index in [1.165, 1.54) is 0 Å². The number of hydrogen-bond donors (Lipinski definition) is 2. The molecule has 2 N–H and O–H groups in total. The molecule has 0 radical (unpaired) electrons. The highest BCUT2D eigenvalue weighted by atomic mass is 32.2. The van der Waals surface area contributed by atoms with Crippen LogP contribution in [0, 0.1) is 12.8 Å². The Bertz CT molecular complexity index is 1080. The Morgan fingerprint density at radius 3 is 2.42 bits per heavy atom. The summed E-state index contributed by atoms with van der Waals surface area (Å²) in [4.78, 5) is 26.8. The van der Waals surface area contributed by atoms with Gasteiger partial charge in [0.1, 0.15) is 6.04 Å². The minimum atomic E-state index is -3.82. The lowest BCUT2D eigenvalue weighted by molar-refractivity contribution is -0.128. The number of carbonyl (C=O) groups excluding carboxylic acids is 2. The molecule has 1 aliphatic heterocycles. The van der Waals surface area contributed by atoms with Gasteiger partial charge in [-0.2, -0.15) is 4.72 Å². The van der Waals surface area contributed by atoms with Crippen molar-refractivity contribution < 1.29 is 18.0 Å². The van der Waals surface area contributed by atoms with Crippen molar-refractivity contribution in [2.75, 3.05) is 6.54 Å². The number of likely N-dealkylation sites (tertiary alicyclic amines) is 1. The van der Waals surface area contributed by atoms with E-state index >= 15 is 0 Å². The zero-order chi connectivity index (χ0) is 24.0. The molecule has 0 aliphatic carbocycles. The molecule has 33 heavy (non-hydrogen) atoms. The SMILES string of the molecule is Cc1ccc(S(=O)(=O)N[C@H](CC(C)C)C(=O)NCc2cccc(CN3CCCC3=O)c2)cc1. The number of sulfonamides is 1. The second kappa shape index (κ2) is 10.9. The molecule has 178 valence electrons. The fourth-order valence-corrected chi connectivity index (χ4v) is 5.10. The van der Waals surface area contributed by atoms with E-state index < -0.39 is 16.1 Å². The number of amides is 2. The van der Waals surface area contributed by atoms with Crippen LogP contribution < -0.4 is 10.0 Å². The molecule has 2 aromatic carbocycles. The molecule has 2 aromatic rings. The van der Waals surface area contributed by atoms with Crippen molar-refractivity contribution in [2.24, 2.45) is 5.92 Å². The van der Waals surface area contributed by atoms with Crippen LogP contribution in [-0.2, 0) is 32.7 Å². The molecule has 1 fully saturated rings. The number of carbonyl (C=O) groups is 2. The summed E-state index contributed by atoms with van der Waals surface area (Å²) in [5.41, 5.74) is 2.87. The van der Waals surface area contributed by atoms with E-state index in [1.807, 2.05) is 49.9 Å². The largest absolute Gasteiger partial charge is 0.351 e. The Balaban J connectivity index is 1.65. The Morgan fingerprint density at radius 1 is 1.09 bits per heavy atom. The predicted molar refractivity (Wildman–Crippen MR) is 128 cm³/mol. The fourth-order valence-electron chi connectivity index (χ4n) is 3.89. The lowest BCUT2D eigenvalue weighted by Gasteiger charge is -2.20. The molecule has 0 saturated carbocycles. The van der Waals surface area contributed by atoms with Crippen LogP contribution in [0.3, 0.4) is 0 Å². The molecule has 2 amide bonds. The zero-order valence-corrected chi connectivity index (χ0v) is 20.3. The summed E-state index contributed by atoms with van der Waals surface area (Å²) in [6.45, 7) is 7.40. The van der Waals surface area contributed by atoms with Crippen LogP contribution in [0.1, 0.15) is 49.8 Å². The van der Waals surface area contributed by atoms with E-state index in [2.05, 4.69) is 10.0 Å². The Hall–Kier alpha value is -2.71. The van der Waals surface area contributed by atoms with Gasteiger partial charge in [-0.05, 0) is 48.9 Å². The monoisotopic (exact) mass is 471 g/mol. The second-order valence-corrected chi connectivity index (χ2v) is 10.8. The quantitative estimate of drug-likeness (QED) is 0.557. The van der Waals surface area contributed by atoms with Crippen LogP contribution in [0.25, 0.3) is 0 Å². The number of benzene rings is 2. The molecule has 1 aliphatic rings. The van der Waals surface area contributed by atoms with Gasteiger partial charge in [-0.3, -0.25) is 9.59 Å². The maximum absolute atomic E-state index is 12.9. The molecule has 3 rings (SSSR count). The number of aryl methyl sites for hydroxylation is 1. The maximum atomic E-state index is 12.9. The van der Waals surface area contributed by atoms with Crippen LogP contribution in [0.15, 0.2) is 53.4 Å². The highest BCUT2D eigenvalue weighted by Crippen LogP contribution is 2.16. The smallest absolute Gasteiger partial charge is 0.241 e. The molecule has 0 unspecified atom stereocenters. The van der Waals surface area contributed by atoms with E-state index in [9.17, 15) is 18.0 Å². The van der Waals surface area contributed by atoms with Crippen LogP contribution >= 0.6 is 0 Å². The van der Waals surface area contributed by atoms with Crippen molar-refractivity contribution in [3.05, 3.63) is 65.2 Å². The average molecular weight is 472 g/mol. The Labute approximate surface area is 196 Å². The first-order valence-corrected chi connectivity index (χ1v) is 12.8. The maximum Gasteiger partial charge on any atom is 0.241 e. The predicted octanol–water partition coefficient (Wildman–Crippen LogP) is 3.13. The average Bonchev–Trinajstić information content (AvgIpc) is 3.16. The molecule has 1 atom stereocenters. The summed E-state index contributed by atoms with van der Waals surface area (Å²) in [6.07, 6.45) is 1.88. The molecule has 0 spiro atoms. The molecule has 7 nitrogen and oxygen atoms in total. The van der Waals surface area contributed by atoms with E-state index in [1.54, 1.807) is 24.3 Å². The lowest BCUT2D eigenvalue weighted by atomic mass is 10.0. The van der Waals surface area contributed by atoms with Gasteiger partial charge in [0, 0.05) is 26.1 Å². The van der Waals surface area contributed by atoms with Gasteiger partial charge in [0.2, 0.25) is 21.8 Å². The van der Waals surface area contributed by atoms with Crippen LogP contribution in [0.4, 0.5) is 0 Å².